The summed E-state index contributed by atoms with van der Waals surface area (Å²) in [5.41, 5.74) is 0. The lowest BCUT2D eigenvalue weighted by molar-refractivity contribution is -0.127. The SMILES string of the molecule is Cc1ccc(S(=O)(=O)N2CCN(C(=O)C=Cc3ccco3)CC2)s1. The second-order valence-corrected chi connectivity index (χ2v) is 8.90. The quantitative estimate of drug-likeness (QED) is 0.778. The summed E-state index contributed by atoms with van der Waals surface area (Å²) in [7, 11) is -3.46. The Hall–Kier alpha value is -1.90. The normalized spacial score (nSPS) is 16.8. The summed E-state index contributed by atoms with van der Waals surface area (Å²) in [6.07, 6.45) is 4.60. The van der Waals surface area contributed by atoms with Gasteiger partial charge in [0.2, 0.25) is 5.91 Å². The summed E-state index contributed by atoms with van der Waals surface area (Å²) in [5, 5.41) is 0. The first kappa shape index (κ1) is 16.9. The van der Waals surface area contributed by atoms with Crippen molar-refractivity contribution < 1.29 is 17.6 Å². The molecular formula is C16H18N2O4S2. The van der Waals surface area contributed by atoms with E-state index in [0.717, 1.165) is 4.88 Å². The minimum atomic E-state index is -3.46. The van der Waals surface area contributed by atoms with E-state index in [2.05, 4.69) is 0 Å². The molecule has 2 aromatic rings. The summed E-state index contributed by atoms with van der Waals surface area (Å²) in [6, 6.07) is 6.95. The molecule has 0 radical (unpaired) electrons. The monoisotopic (exact) mass is 366 g/mol. The van der Waals surface area contributed by atoms with Crippen molar-refractivity contribution in [1.29, 1.82) is 0 Å². The maximum Gasteiger partial charge on any atom is 0.252 e. The van der Waals surface area contributed by atoms with E-state index in [1.807, 2.05) is 6.92 Å². The molecule has 2 aromatic heterocycles. The molecule has 24 heavy (non-hydrogen) atoms. The highest BCUT2D eigenvalue weighted by Gasteiger charge is 2.30. The number of hydrogen-bond acceptors (Lipinski definition) is 5. The summed E-state index contributed by atoms with van der Waals surface area (Å²) < 4.78 is 32.1. The molecule has 0 N–H and O–H groups in total. The van der Waals surface area contributed by atoms with E-state index in [9.17, 15) is 13.2 Å². The molecule has 0 saturated carbocycles. The van der Waals surface area contributed by atoms with Crippen molar-refractivity contribution >= 4 is 33.3 Å². The number of carbonyl (C=O) groups is 1. The van der Waals surface area contributed by atoms with E-state index in [0.29, 0.717) is 36.1 Å². The lowest BCUT2D eigenvalue weighted by Crippen LogP contribution is -2.50. The van der Waals surface area contributed by atoms with Crippen molar-refractivity contribution in [3.8, 4) is 0 Å². The minimum absolute atomic E-state index is 0.143. The molecule has 3 rings (SSSR count). The topological polar surface area (TPSA) is 70.8 Å². The fourth-order valence-electron chi connectivity index (χ4n) is 2.47. The van der Waals surface area contributed by atoms with Crippen LogP contribution >= 0.6 is 11.3 Å². The van der Waals surface area contributed by atoms with E-state index in [1.54, 1.807) is 41.5 Å². The number of furan rings is 1. The van der Waals surface area contributed by atoms with Gasteiger partial charge in [0.25, 0.3) is 10.0 Å². The predicted octanol–water partition coefficient (Wildman–Crippen LogP) is 2.20. The van der Waals surface area contributed by atoms with Crippen molar-refractivity contribution in [2.45, 2.75) is 11.1 Å². The fraction of sp³-hybridized carbons (Fsp3) is 0.312. The lowest BCUT2D eigenvalue weighted by atomic mass is 10.3. The van der Waals surface area contributed by atoms with E-state index < -0.39 is 10.0 Å². The molecule has 0 aliphatic carbocycles. The highest BCUT2D eigenvalue weighted by atomic mass is 32.2. The van der Waals surface area contributed by atoms with Crippen LogP contribution in [0.5, 0.6) is 0 Å². The van der Waals surface area contributed by atoms with Crippen LogP contribution in [-0.4, -0.2) is 49.7 Å². The molecule has 1 aliphatic heterocycles. The van der Waals surface area contributed by atoms with Gasteiger partial charge in [0.05, 0.1) is 6.26 Å². The fourth-order valence-corrected chi connectivity index (χ4v) is 5.33. The average Bonchev–Trinajstić information content (AvgIpc) is 3.24. The Bertz CT molecular complexity index is 829. The van der Waals surface area contributed by atoms with Crippen LogP contribution in [0, 0.1) is 6.92 Å². The Morgan fingerprint density at radius 2 is 1.96 bits per heavy atom. The van der Waals surface area contributed by atoms with Crippen LogP contribution in [0.4, 0.5) is 0 Å². The van der Waals surface area contributed by atoms with Gasteiger partial charge in [-0.25, -0.2) is 8.42 Å². The molecule has 1 saturated heterocycles. The van der Waals surface area contributed by atoms with Gasteiger partial charge in [-0.2, -0.15) is 4.31 Å². The molecule has 128 valence electrons. The Balaban J connectivity index is 1.60. The number of thiophene rings is 1. The Labute approximate surface area is 145 Å². The third kappa shape index (κ3) is 3.61. The molecule has 0 unspecified atom stereocenters. The lowest BCUT2D eigenvalue weighted by Gasteiger charge is -2.33. The predicted molar refractivity (Wildman–Crippen MR) is 92.1 cm³/mol. The summed E-state index contributed by atoms with van der Waals surface area (Å²) >= 11 is 1.27. The van der Waals surface area contributed by atoms with Crippen molar-refractivity contribution in [1.82, 2.24) is 9.21 Å². The van der Waals surface area contributed by atoms with Crippen LogP contribution < -0.4 is 0 Å². The zero-order valence-electron chi connectivity index (χ0n) is 13.2. The van der Waals surface area contributed by atoms with Crippen molar-refractivity contribution in [2.75, 3.05) is 26.2 Å². The smallest absolute Gasteiger partial charge is 0.252 e. The summed E-state index contributed by atoms with van der Waals surface area (Å²) in [6.45, 7) is 3.25. The molecule has 0 bridgehead atoms. The van der Waals surface area contributed by atoms with Crippen molar-refractivity contribution in [2.24, 2.45) is 0 Å². The molecule has 0 atom stereocenters. The second-order valence-electron chi connectivity index (χ2n) is 5.44. The van der Waals surface area contributed by atoms with Crippen LogP contribution in [0.15, 0.2) is 45.2 Å². The van der Waals surface area contributed by atoms with E-state index in [4.69, 9.17) is 4.42 Å². The number of nitrogens with zero attached hydrogens (tertiary/aromatic N) is 2. The van der Waals surface area contributed by atoms with Gasteiger partial charge in [-0.05, 0) is 37.3 Å². The third-order valence-electron chi connectivity index (χ3n) is 3.79. The molecule has 8 heteroatoms. The first-order valence-electron chi connectivity index (χ1n) is 7.54. The summed E-state index contributed by atoms with van der Waals surface area (Å²) in [4.78, 5) is 14.8. The maximum absolute atomic E-state index is 12.6. The van der Waals surface area contributed by atoms with Gasteiger partial charge in [-0.3, -0.25) is 4.79 Å². The number of carbonyl (C=O) groups excluding carboxylic acids is 1. The minimum Gasteiger partial charge on any atom is -0.465 e. The van der Waals surface area contributed by atoms with Crippen LogP contribution in [0.2, 0.25) is 0 Å². The van der Waals surface area contributed by atoms with E-state index in [-0.39, 0.29) is 5.91 Å². The molecule has 0 spiro atoms. The van der Waals surface area contributed by atoms with Crippen LogP contribution in [-0.2, 0) is 14.8 Å². The van der Waals surface area contributed by atoms with Crippen molar-refractivity contribution in [3.63, 3.8) is 0 Å². The highest BCUT2D eigenvalue weighted by Crippen LogP contribution is 2.25. The Morgan fingerprint density at radius 1 is 1.21 bits per heavy atom. The van der Waals surface area contributed by atoms with Gasteiger partial charge in [-0.15, -0.1) is 11.3 Å². The first-order chi connectivity index (χ1) is 11.5. The van der Waals surface area contributed by atoms with Gasteiger partial charge >= 0.3 is 0 Å². The van der Waals surface area contributed by atoms with E-state index in [1.165, 1.54) is 21.7 Å². The van der Waals surface area contributed by atoms with Gasteiger partial charge in [0, 0.05) is 37.1 Å². The van der Waals surface area contributed by atoms with Gasteiger partial charge in [0.1, 0.15) is 9.97 Å². The third-order valence-corrected chi connectivity index (χ3v) is 7.16. The Morgan fingerprint density at radius 3 is 2.54 bits per heavy atom. The molecule has 1 amide bonds. The first-order valence-corrected chi connectivity index (χ1v) is 9.79. The standard InChI is InChI=1S/C16H18N2O4S2/c1-13-4-7-16(23-13)24(20,21)18-10-8-17(9-11-18)15(19)6-5-14-3-2-12-22-14/h2-7,12H,8-11H2,1H3. The molecule has 1 fully saturated rings. The zero-order chi connectivity index (χ0) is 17.2. The molecule has 6 nitrogen and oxygen atoms in total. The average molecular weight is 366 g/mol. The number of piperazine rings is 1. The van der Waals surface area contributed by atoms with Crippen molar-refractivity contribution in [3.05, 3.63) is 47.2 Å². The number of hydrogen-bond donors (Lipinski definition) is 0. The molecule has 0 aromatic carbocycles. The number of aryl methyl sites for hydroxylation is 1. The molecular weight excluding hydrogens is 348 g/mol. The van der Waals surface area contributed by atoms with Crippen LogP contribution in [0.1, 0.15) is 10.6 Å². The highest BCUT2D eigenvalue weighted by molar-refractivity contribution is 7.91. The van der Waals surface area contributed by atoms with Gasteiger partial charge in [-0.1, -0.05) is 0 Å². The Kier molecular flexibility index (Phi) is 4.88. The molecule has 1 aliphatic rings. The van der Waals surface area contributed by atoms with Crippen LogP contribution in [0.3, 0.4) is 0 Å². The molecule has 3 heterocycles. The van der Waals surface area contributed by atoms with Gasteiger partial charge < -0.3 is 9.32 Å². The van der Waals surface area contributed by atoms with E-state index >= 15 is 0 Å². The van der Waals surface area contributed by atoms with Gasteiger partial charge in [0.15, 0.2) is 0 Å². The second kappa shape index (κ2) is 6.92. The maximum atomic E-state index is 12.6. The van der Waals surface area contributed by atoms with Crippen LogP contribution in [0.25, 0.3) is 6.08 Å². The number of rotatable bonds is 4. The number of sulfonamides is 1. The summed E-state index contributed by atoms with van der Waals surface area (Å²) in [5.74, 6) is 0.466. The largest absolute Gasteiger partial charge is 0.465 e. The zero-order valence-corrected chi connectivity index (χ0v) is 14.8. The number of amides is 1.